The molecule has 5 aromatic carbocycles. The highest BCUT2D eigenvalue weighted by Crippen LogP contribution is 2.57. The summed E-state index contributed by atoms with van der Waals surface area (Å²) in [6.07, 6.45) is 9.39. The highest BCUT2D eigenvalue weighted by atomic mass is 16.3. The van der Waals surface area contributed by atoms with Crippen LogP contribution in [0.3, 0.4) is 0 Å². The van der Waals surface area contributed by atoms with Crippen molar-refractivity contribution < 1.29 is 4.42 Å². The van der Waals surface area contributed by atoms with Crippen molar-refractivity contribution in [3.05, 3.63) is 122 Å². The zero-order chi connectivity index (χ0) is 52.5. The summed E-state index contributed by atoms with van der Waals surface area (Å²) in [4.78, 5) is 5.47. The van der Waals surface area contributed by atoms with E-state index in [4.69, 9.17) is 4.42 Å². The molecule has 1 aromatic heterocycles. The first-order chi connectivity index (χ1) is 33.7. The smallest absolute Gasteiger partial charge is 0.297 e. The van der Waals surface area contributed by atoms with Crippen molar-refractivity contribution >= 4 is 68.4 Å². The average Bonchev–Trinajstić information content (AvgIpc) is 3.67. The number of hydrogen-bond acceptors (Lipinski definition) is 3. The van der Waals surface area contributed by atoms with Gasteiger partial charge >= 0.3 is 0 Å². The van der Waals surface area contributed by atoms with Crippen LogP contribution in [0.4, 0.5) is 34.1 Å². The predicted molar refractivity (Wildman–Crippen MR) is 315 cm³/mol. The Bertz CT molecular complexity index is 3370. The molecule has 0 unspecified atom stereocenters. The normalized spacial score (nSPS) is 22.6. The van der Waals surface area contributed by atoms with Gasteiger partial charge in [0.1, 0.15) is 5.58 Å². The zero-order valence-corrected chi connectivity index (χ0v) is 48.9. The highest BCUT2D eigenvalue weighted by Gasteiger charge is 2.51. The van der Waals surface area contributed by atoms with Crippen LogP contribution in [0.5, 0.6) is 0 Å². The van der Waals surface area contributed by atoms with Crippen LogP contribution < -0.4 is 26.4 Å². The molecular weight excluding hydrogens is 884 g/mol. The Hall–Kier alpha value is -4.70. The van der Waals surface area contributed by atoms with Crippen molar-refractivity contribution in [1.82, 2.24) is 0 Å². The molecule has 0 N–H and O–H groups in total. The maximum absolute atomic E-state index is 7.83. The first-order valence-electron chi connectivity index (χ1n) is 28.6. The van der Waals surface area contributed by atoms with Gasteiger partial charge in [-0.15, -0.1) is 0 Å². The van der Waals surface area contributed by atoms with Gasteiger partial charge in [-0.05, 0) is 222 Å². The van der Waals surface area contributed by atoms with Crippen LogP contribution in [-0.4, -0.2) is 6.71 Å². The summed E-state index contributed by atoms with van der Waals surface area (Å²) in [6.45, 7) is 49.2. The molecular formula is C69H87BN2O. The molecule has 6 aromatic rings. The number of hydrogen-bond donors (Lipinski definition) is 0. The summed E-state index contributed by atoms with van der Waals surface area (Å²) in [7, 11) is 0. The zero-order valence-electron chi connectivity index (χ0n) is 48.9. The van der Waals surface area contributed by atoms with Gasteiger partial charge in [-0.2, -0.15) is 0 Å². The summed E-state index contributed by atoms with van der Waals surface area (Å²) < 4.78 is 7.83. The molecule has 0 amide bonds. The van der Waals surface area contributed by atoms with E-state index < -0.39 is 0 Å². The van der Waals surface area contributed by atoms with Crippen LogP contribution in [0.1, 0.15) is 239 Å². The lowest BCUT2D eigenvalue weighted by Crippen LogP contribution is -2.61. The Labute approximate surface area is 441 Å². The van der Waals surface area contributed by atoms with Crippen LogP contribution in [0.2, 0.25) is 0 Å². The Morgan fingerprint density at radius 2 is 0.836 bits per heavy atom. The third-order valence-corrected chi connectivity index (χ3v) is 21.0. The number of anilines is 6. The maximum Gasteiger partial charge on any atom is 0.297 e. The van der Waals surface area contributed by atoms with Crippen LogP contribution in [0.25, 0.3) is 11.0 Å². The molecule has 3 nitrogen and oxygen atoms in total. The molecule has 6 aliphatic rings. The predicted octanol–water partition coefficient (Wildman–Crippen LogP) is 17.5. The molecule has 0 fully saturated rings. The molecule has 3 heterocycles. The Morgan fingerprint density at radius 3 is 1.34 bits per heavy atom. The van der Waals surface area contributed by atoms with Crippen molar-refractivity contribution in [3.8, 4) is 0 Å². The van der Waals surface area contributed by atoms with Gasteiger partial charge in [0.2, 0.25) is 0 Å². The molecule has 0 radical (unpaired) electrons. The Balaban J connectivity index is 1.26. The van der Waals surface area contributed by atoms with Gasteiger partial charge < -0.3 is 14.2 Å². The van der Waals surface area contributed by atoms with E-state index in [0.29, 0.717) is 0 Å². The largest absolute Gasteiger partial charge is 0.468 e. The maximum atomic E-state index is 7.83. The van der Waals surface area contributed by atoms with Crippen molar-refractivity contribution in [2.24, 2.45) is 0 Å². The van der Waals surface area contributed by atoms with Gasteiger partial charge in [0, 0.05) is 33.8 Å². The highest BCUT2D eigenvalue weighted by molar-refractivity contribution is 7.00. The summed E-state index contributed by atoms with van der Waals surface area (Å²) in [5.74, 6) is 0. The van der Waals surface area contributed by atoms with Crippen molar-refractivity contribution in [2.75, 3.05) is 9.80 Å². The summed E-state index contributed by atoms with van der Waals surface area (Å²) in [5.41, 5.74) is 27.4. The third-order valence-electron chi connectivity index (χ3n) is 21.0. The van der Waals surface area contributed by atoms with Crippen molar-refractivity contribution in [3.63, 3.8) is 0 Å². The second kappa shape index (κ2) is 14.8. The van der Waals surface area contributed by atoms with Gasteiger partial charge in [-0.25, -0.2) is 0 Å². The number of benzene rings is 5. The van der Waals surface area contributed by atoms with Gasteiger partial charge in [0.15, 0.2) is 0 Å². The summed E-state index contributed by atoms with van der Waals surface area (Å²) in [6, 6.07) is 28.5. The standard InChI is InChI=1S/C69H87BN2O/c1-40-31-45-49(67(15,16)28-25-63(45,7)8)37-53(40)72-54-38-50-48(66(13,14)27-29-68(50,17)18)36-52(54)70-58-55(32-41(33-56(58)72)61(2,3)4)71(42-21-22-44-46(34-42)64(9,10)24-23-62(44,5)6)59-43-35-47-51(39-57(43)73-60(59)70)69(19,20)30-26-65(47,11)12/h21-22,31-39H,23-30H2,1-20H3. The quantitative estimate of drug-likeness (QED) is 0.161. The number of nitrogens with zero attached hydrogens (tertiary/aromatic N) is 2. The first-order valence-corrected chi connectivity index (χ1v) is 28.6. The Morgan fingerprint density at radius 1 is 0.425 bits per heavy atom. The molecule has 0 bridgehead atoms. The van der Waals surface area contributed by atoms with E-state index >= 15 is 0 Å². The molecule has 2 aliphatic heterocycles. The molecule has 0 atom stereocenters. The van der Waals surface area contributed by atoms with E-state index in [1.807, 2.05) is 0 Å². The monoisotopic (exact) mass is 971 g/mol. The van der Waals surface area contributed by atoms with E-state index in [1.165, 1.54) is 145 Å². The second-order valence-corrected chi connectivity index (χ2v) is 30.9. The first kappa shape index (κ1) is 49.2. The van der Waals surface area contributed by atoms with Crippen molar-refractivity contribution in [1.29, 1.82) is 0 Å². The summed E-state index contributed by atoms with van der Waals surface area (Å²) in [5, 5.41) is 1.24. The average molecular weight is 971 g/mol. The van der Waals surface area contributed by atoms with Crippen LogP contribution >= 0.6 is 0 Å². The summed E-state index contributed by atoms with van der Waals surface area (Å²) >= 11 is 0. The minimum absolute atomic E-state index is 0.0264. The number of aryl methyl sites for hydroxylation is 1. The minimum atomic E-state index is -0.132. The molecule has 12 rings (SSSR count). The van der Waals surface area contributed by atoms with Crippen LogP contribution in [0.15, 0.2) is 71.1 Å². The lowest BCUT2D eigenvalue weighted by atomic mass is 9.35. The molecule has 0 spiro atoms. The van der Waals surface area contributed by atoms with E-state index in [-0.39, 0.29) is 55.4 Å². The molecule has 0 saturated heterocycles. The van der Waals surface area contributed by atoms with Gasteiger partial charge in [-0.3, -0.25) is 0 Å². The van der Waals surface area contributed by atoms with Crippen LogP contribution in [0, 0.1) is 6.92 Å². The lowest BCUT2D eigenvalue weighted by molar-refractivity contribution is 0.331. The molecule has 382 valence electrons. The minimum Gasteiger partial charge on any atom is -0.468 e. The fourth-order valence-corrected chi connectivity index (χ4v) is 15.2. The van der Waals surface area contributed by atoms with Crippen molar-refractivity contribution in [2.45, 2.75) is 239 Å². The second-order valence-electron chi connectivity index (χ2n) is 30.9. The van der Waals surface area contributed by atoms with E-state index in [1.54, 1.807) is 0 Å². The van der Waals surface area contributed by atoms with Gasteiger partial charge in [-0.1, -0.05) is 150 Å². The van der Waals surface area contributed by atoms with Crippen LogP contribution in [-0.2, 0) is 48.7 Å². The molecule has 0 saturated carbocycles. The number of fused-ring (bicyclic) bond motifs is 10. The molecule has 4 heteroatoms. The SMILES string of the molecule is Cc1cc2c(cc1N1c3cc4c(cc3B3c5oc6cc7c(cc6c5N(c5ccc6c(c5)C(C)(C)CCC6(C)C)c5cc(C(C)(C)C)cc1c53)C(C)(C)CCC7(C)C)C(C)(C)CCC4(C)C)C(C)(C)CCC2(C)C. The van der Waals surface area contributed by atoms with Gasteiger partial charge in [0.25, 0.3) is 6.71 Å². The van der Waals surface area contributed by atoms with E-state index in [9.17, 15) is 0 Å². The van der Waals surface area contributed by atoms with E-state index in [0.717, 1.165) is 24.1 Å². The fraction of sp³-hybridized carbons (Fsp3) is 0.536. The number of furan rings is 1. The fourth-order valence-electron chi connectivity index (χ4n) is 15.2. The Kier molecular flexibility index (Phi) is 9.99. The number of rotatable bonds is 2. The molecule has 73 heavy (non-hydrogen) atoms. The van der Waals surface area contributed by atoms with E-state index in [2.05, 4.69) is 215 Å². The third kappa shape index (κ3) is 7.01. The molecule has 4 aliphatic carbocycles. The topological polar surface area (TPSA) is 19.6 Å². The lowest BCUT2D eigenvalue weighted by Gasteiger charge is -2.48. The van der Waals surface area contributed by atoms with Gasteiger partial charge in [0.05, 0.1) is 11.3 Å².